The van der Waals surface area contributed by atoms with Gasteiger partial charge < -0.3 is 0 Å². The van der Waals surface area contributed by atoms with Gasteiger partial charge in [-0.15, -0.1) is 0 Å². The molecule has 1 aromatic heterocycles. The molecule has 2 rings (SSSR count). The van der Waals surface area contributed by atoms with Crippen LogP contribution in [0.15, 0.2) is 34.9 Å². The van der Waals surface area contributed by atoms with E-state index in [1.807, 2.05) is 19.3 Å². The molecular weight excluding hydrogens is 292 g/mol. The highest BCUT2D eigenvalue weighted by Crippen LogP contribution is 2.26. The number of nitrogens with one attached hydrogen (secondary N) is 1. The van der Waals surface area contributed by atoms with Crippen molar-refractivity contribution in [3.63, 3.8) is 0 Å². The Morgan fingerprint density at radius 2 is 2.22 bits per heavy atom. The molecule has 3 N–H and O–H groups in total. The van der Waals surface area contributed by atoms with E-state index in [0.717, 1.165) is 22.2 Å². The number of aryl methyl sites for hydroxylation is 2. The Hall–Kier alpha value is -1.17. The number of rotatable bonds is 4. The molecule has 18 heavy (non-hydrogen) atoms. The van der Waals surface area contributed by atoms with Gasteiger partial charge in [-0.1, -0.05) is 28.1 Å². The van der Waals surface area contributed by atoms with Crippen molar-refractivity contribution in [2.24, 2.45) is 12.9 Å². The van der Waals surface area contributed by atoms with Gasteiger partial charge in [-0.2, -0.15) is 5.10 Å². The van der Waals surface area contributed by atoms with Crippen molar-refractivity contribution in [3.05, 3.63) is 51.8 Å². The molecule has 0 saturated carbocycles. The zero-order chi connectivity index (χ0) is 13.1. The summed E-state index contributed by atoms with van der Waals surface area (Å²) in [6.45, 7) is 2.07. The Kier molecular flexibility index (Phi) is 4.16. The molecule has 1 unspecified atom stereocenters. The highest BCUT2D eigenvalue weighted by atomic mass is 79.9. The van der Waals surface area contributed by atoms with Gasteiger partial charge in [-0.3, -0.25) is 16.0 Å². The van der Waals surface area contributed by atoms with Gasteiger partial charge in [0.1, 0.15) is 0 Å². The quantitative estimate of drug-likeness (QED) is 0.673. The summed E-state index contributed by atoms with van der Waals surface area (Å²) in [5, 5.41) is 4.38. The highest BCUT2D eigenvalue weighted by molar-refractivity contribution is 9.10. The van der Waals surface area contributed by atoms with Crippen LogP contribution >= 0.6 is 15.9 Å². The van der Waals surface area contributed by atoms with Crippen LogP contribution in [0.1, 0.15) is 22.9 Å². The standard InChI is InChI=1S/C13H17BrN4/c1-9-3-4-11(12(14)7-9)13(16-15)8-10-5-6-18(2)17-10/h3-7,13,16H,8,15H2,1-2H3. The van der Waals surface area contributed by atoms with E-state index in [2.05, 4.69) is 51.6 Å². The summed E-state index contributed by atoms with van der Waals surface area (Å²) >= 11 is 3.59. The van der Waals surface area contributed by atoms with Crippen LogP contribution in [-0.2, 0) is 13.5 Å². The van der Waals surface area contributed by atoms with Crippen molar-refractivity contribution >= 4 is 15.9 Å². The third kappa shape index (κ3) is 2.98. The van der Waals surface area contributed by atoms with E-state index in [9.17, 15) is 0 Å². The van der Waals surface area contributed by atoms with Gasteiger partial charge in [0.2, 0.25) is 0 Å². The summed E-state index contributed by atoms with van der Waals surface area (Å²) < 4.78 is 2.87. The summed E-state index contributed by atoms with van der Waals surface area (Å²) in [5.41, 5.74) is 6.25. The van der Waals surface area contributed by atoms with Crippen LogP contribution in [0, 0.1) is 6.92 Å². The minimum absolute atomic E-state index is 0.0508. The van der Waals surface area contributed by atoms with Crippen molar-refractivity contribution in [1.82, 2.24) is 15.2 Å². The maximum absolute atomic E-state index is 5.66. The Labute approximate surface area is 115 Å². The summed E-state index contributed by atoms with van der Waals surface area (Å²) in [6.07, 6.45) is 2.70. The first-order chi connectivity index (χ1) is 8.60. The lowest BCUT2D eigenvalue weighted by atomic mass is 10.0. The number of hydrazine groups is 1. The summed E-state index contributed by atoms with van der Waals surface area (Å²) in [7, 11) is 1.91. The lowest BCUT2D eigenvalue weighted by Crippen LogP contribution is -2.30. The van der Waals surface area contributed by atoms with Crippen LogP contribution in [0.25, 0.3) is 0 Å². The molecular formula is C13H17BrN4. The summed E-state index contributed by atoms with van der Waals surface area (Å²) in [4.78, 5) is 0. The van der Waals surface area contributed by atoms with Crippen LogP contribution in [0.2, 0.25) is 0 Å². The first-order valence-corrected chi connectivity index (χ1v) is 6.60. The molecule has 2 aromatic rings. The van der Waals surface area contributed by atoms with Gasteiger partial charge in [0, 0.05) is 24.1 Å². The molecule has 0 bridgehead atoms. The molecule has 0 aliphatic heterocycles. The minimum atomic E-state index is 0.0508. The average molecular weight is 309 g/mol. The molecule has 96 valence electrons. The first kappa shape index (κ1) is 13.3. The second-order valence-electron chi connectivity index (χ2n) is 4.43. The monoisotopic (exact) mass is 308 g/mol. The molecule has 1 atom stereocenters. The number of nitrogens with two attached hydrogens (primary N) is 1. The van der Waals surface area contributed by atoms with E-state index in [4.69, 9.17) is 5.84 Å². The lowest BCUT2D eigenvalue weighted by molar-refractivity contribution is 0.539. The van der Waals surface area contributed by atoms with E-state index in [1.54, 1.807) is 4.68 Å². The Morgan fingerprint density at radius 1 is 1.44 bits per heavy atom. The van der Waals surface area contributed by atoms with Crippen LogP contribution in [0.5, 0.6) is 0 Å². The fourth-order valence-electron chi connectivity index (χ4n) is 1.95. The van der Waals surface area contributed by atoms with Crippen LogP contribution in [0.4, 0.5) is 0 Å². The average Bonchev–Trinajstić information content (AvgIpc) is 2.72. The molecule has 0 saturated heterocycles. The molecule has 1 heterocycles. The van der Waals surface area contributed by atoms with E-state index in [0.29, 0.717) is 0 Å². The van der Waals surface area contributed by atoms with Gasteiger partial charge >= 0.3 is 0 Å². The van der Waals surface area contributed by atoms with Crippen LogP contribution in [0.3, 0.4) is 0 Å². The van der Waals surface area contributed by atoms with Gasteiger partial charge in [0.25, 0.3) is 0 Å². The van der Waals surface area contributed by atoms with Crippen LogP contribution in [-0.4, -0.2) is 9.78 Å². The second kappa shape index (κ2) is 5.65. The molecule has 1 aromatic carbocycles. The van der Waals surface area contributed by atoms with Crippen molar-refractivity contribution in [3.8, 4) is 0 Å². The highest BCUT2D eigenvalue weighted by Gasteiger charge is 2.15. The number of nitrogens with zero attached hydrogens (tertiary/aromatic N) is 2. The molecule has 4 nitrogen and oxygen atoms in total. The van der Waals surface area contributed by atoms with E-state index < -0.39 is 0 Å². The van der Waals surface area contributed by atoms with Gasteiger partial charge in [-0.25, -0.2) is 0 Å². The normalized spacial score (nSPS) is 12.7. The largest absolute Gasteiger partial charge is 0.276 e. The first-order valence-electron chi connectivity index (χ1n) is 5.81. The molecule has 5 heteroatoms. The number of hydrogen-bond acceptors (Lipinski definition) is 3. The van der Waals surface area contributed by atoms with Gasteiger partial charge in [0.05, 0.1) is 11.7 Å². The van der Waals surface area contributed by atoms with E-state index in [1.165, 1.54) is 5.56 Å². The third-order valence-electron chi connectivity index (χ3n) is 2.91. The molecule has 0 amide bonds. The second-order valence-corrected chi connectivity index (χ2v) is 5.28. The number of halogens is 1. The van der Waals surface area contributed by atoms with Crippen molar-refractivity contribution in [2.45, 2.75) is 19.4 Å². The number of aromatic nitrogens is 2. The Bertz CT molecular complexity index is 536. The number of benzene rings is 1. The zero-order valence-corrected chi connectivity index (χ0v) is 12.1. The summed E-state index contributed by atoms with van der Waals surface area (Å²) in [5.74, 6) is 5.66. The topological polar surface area (TPSA) is 55.9 Å². The SMILES string of the molecule is Cc1ccc(C(Cc2ccn(C)n2)NN)c(Br)c1. The molecule has 0 aliphatic carbocycles. The predicted molar refractivity (Wildman–Crippen MR) is 75.9 cm³/mol. The Balaban J connectivity index is 2.22. The maximum Gasteiger partial charge on any atom is 0.0643 e. The maximum atomic E-state index is 5.66. The van der Waals surface area contributed by atoms with Gasteiger partial charge in [0.15, 0.2) is 0 Å². The zero-order valence-electron chi connectivity index (χ0n) is 10.5. The van der Waals surface area contributed by atoms with Crippen molar-refractivity contribution in [2.75, 3.05) is 0 Å². The molecule has 0 aliphatic rings. The lowest BCUT2D eigenvalue weighted by Gasteiger charge is -2.17. The van der Waals surface area contributed by atoms with Gasteiger partial charge in [-0.05, 0) is 30.2 Å². The smallest absolute Gasteiger partial charge is 0.0643 e. The predicted octanol–water partition coefficient (Wildman–Crippen LogP) is 2.24. The Morgan fingerprint density at radius 3 is 2.78 bits per heavy atom. The van der Waals surface area contributed by atoms with Crippen molar-refractivity contribution in [1.29, 1.82) is 0 Å². The van der Waals surface area contributed by atoms with E-state index in [-0.39, 0.29) is 6.04 Å². The fourth-order valence-corrected chi connectivity index (χ4v) is 2.72. The fraction of sp³-hybridized carbons (Fsp3) is 0.308. The molecule has 0 fully saturated rings. The molecule has 0 spiro atoms. The third-order valence-corrected chi connectivity index (χ3v) is 3.60. The van der Waals surface area contributed by atoms with E-state index >= 15 is 0 Å². The molecule has 0 radical (unpaired) electrons. The summed E-state index contributed by atoms with van der Waals surface area (Å²) in [6, 6.07) is 8.33. The minimum Gasteiger partial charge on any atom is -0.276 e. The van der Waals surface area contributed by atoms with Crippen molar-refractivity contribution < 1.29 is 0 Å². The number of hydrogen-bond donors (Lipinski definition) is 2. The van der Waals surface area contributed by atoms with Crippen LogP contribution < -0.4 is 11.3 Å².